The lowest BCUT2D eigenvalue weighted by molar-refractivity contribution is -0.159. The van der Waals surface area contributed by atoms with Crippen molar-refractivity contribution in [1.82, 2.24) is 15.5 Å². The third-order valence-corrected chi connectivity index (χ3v) is 9.43. The third-order valence-electron chi connectivity index (χ3n) is 9.43. The predicted molar refractivity (Wildman–Crippen MR) is 156 cm³/mol. The fraction of sp³-hybridized carbons (Fsp3) is 0.839. The van der Waals surface area contributed by atoms with Crippen LogP contribution in [0.1, 0.15) is 109 Å². The fourth-order valence-corrected chi connectivity index (χ4v) is 6.71. The lowest BCUT2D eigenvalue weighted by Gasteiger charge is -2.35. The van der Waals surface area contributed by atoms with Gasteiger partial charge in [-0.1, -0.05) is 57.8 Å². The maximum atomic E-state index is 13.1. The number of carbonyl (C=O) groups is 4. The first-order chi connectivity index (χ1) is 20.4. The van der Waals surface area contributed by atoms with Crippen LogP contribution in [0.3, 0.4) is 0 Å². The average Bonchev–Trinajstić information content (AvgIpc) is 3.01. The second-order valence-electron chi connectivity index (χ2n) is 12.7. The smallest absolute Gasteiger partial charge is 0.416 e. The summed E-state index contributed by atoms with van der Waals surface area (Å²) in [5.41, 5.74) is 0. The van der Waals surface area contributed by atoms with Crippen LogP contribution in [0.5, 0.6) is 0 Å². The molecule has 3 aliphatic carbocycles. The molecule has 0 aromatic heterocycles. The van der Waals surface area contributed by atoms with Crippen LogP contribution in [0.15, 0.2) is 0 Å². The number of nitrogens with zero attached hydrogens (tertiary/aromatic N) is 1. The van der Waals surface area contributed by atoms with Crippen molar-refractivity contribution >= 4 is 30.0 Å². The van der Waals surface area contributed by atoms with Gasteiger partial charge in [-0.15, -0.1) is 0 Å². The molecule has 4 rings (SSSR count). The topological polar surface area (TPSA) is 147 Å². The minimum absolute atomic E-state index is 0.0544. The molecule has 1 heterocycles. The molecule has 0 aromatic carbocycles. The third kappa shape index (κ3) is 9.87. The molecule has 0 aromatic rings. The Bertz CT molecular complexity index is 926. The molecule has 236 valence electrons. The van der Waals surface area contributed by atoms with Crippen LogP contribution >= 0.6 is 0 Å². The molecule has 1 unspecified atom stereocenters. The molecule has 4 fully saturated rings. The normalized spacial score (nSPS) is 23.7. The Labute approximate surface area is 249 Å². The summed E-state index contributed by atoms with van der Waals surface area (Å²) in [6.07, 6.45) is 15.8. The van der Waals surface area contributed by atoms with Crippen molar-refractivity contribution in [2.75, 3.05) is 26.4 Å². The molecule has 42 heavy (non-hydrogen) atoms. The van der Waals surface area contributed by atoms with Crippen molar-refractivity contribution in [3.8, 4) is 0 Å². The molecular weight excluding hydrogens is 540 g/mol. The van der Waals surface area contributed by atoms with Gasteiger partial charge in [-0.05, 0) is 69.1 Å². The maximum Gasteiger partial charge on any atom is 0.416 e. The largest absolute Gasteiger partial charge is 0.464 e. The summed E-state index contributed by atoms with van der Waals surface area (Å²) in [6, 6.07) is -0.694. The summed E-state index contributed by atoms with van der Waals surface area (Å²) in [4.78, 5) is 51.5. The molecule has 3 amide bonds. The Morgan fingerprint density at radius 2 is 1.26 bits per heavy atom. The van der Waals surface area contributed by atoms with Crippen LogP contribution in [0, 0.1) is 29.1 Å². The van der Waals surface area contributed by atoms with E-state index in [1.165, 1.54) is 19.3 Å². The highest BCUT2D eigenvalue weighted by Gasteiger charge is 2.44. The summed E-state index contributed by atoms with van der Waals surface area (Å²) < 4.78 is 16.5. The van der Waals surface area contributed by atoms with Crippen molar-refractivity contribution in [3.63, 3.8) is 0 Å². The van der Waals surface area contributed by atoms with Crippen molar-refractivity contribution in [3.05, 3.63) is 0 Å². The number of alkyl carbamates (subject to hydrolysis) is 1. The lowest BCUT2D eigenvalue weighted by Crippen LogP contribution is -2.62. The van der Waals surface area contributed by atoms with Crippen molar-refractivity contribution < 1.29 is 33.4 Å². The Kier molecular flexibility index (Phi) is 12.8. The van der Waals surface area contributed by atoms with E-state index < -0.39 is 36.1 Å². The molecule has 11 nitrogen and oxygen atoms in total. The van der Waals surface area contributed by atoms with Gasteiger partial charge >= 0.3 is 18.2 Å². The first kappa shape index (κ1) is 32.1. The Balaban J connectivity index is 1.25. The molecule has 0 spiro atoms. The average molecular weight is 591 g/mol. The van der Waals surface area contributed by atoms with Gasteiger partial charge in [0.25, 0.3) is 0 Å². The number of rotatable bonds is 11. The van der Waals surface area contributed by atoms with Crippen LogP contribution in [-0.2, 0) is 23.8 Å². The van der Waals surface area contributed by atoms with E-state index in [0.717, 1.165) is 81.9 Å². The molecule has 2 atom stereocenters. The second-order valence-corrected chi connectivity index (χ2v) is 12.7. The number of β-lactam (4-membered cyclic amide) rings is 1. The van der Waals surface area contributed by atoms with Gasteiger partial charge in [0.1, 0.15) is 6.04 Å². The van der Waals surface area contributed by atoms with Gasteiger partial charge in [-0.25, -0.2) is 19.3 Å². The van der Waals surface area contributed by atoms with E-state index >= 15 is 0 Å². The number of hydrogen-bond acceptors (Lipinski definition) is 8. The van der Waals surface area contributed by atoms with Crippen LogP contribution in [0.4, 0.5) is 9.59 Å². The first-order valence-corrected chi connectivity index (χ1v) is 16.3. The summed E-state index contributed by atoms with van der Waals surface area (Å²) in [5.74, 6) is -0.592. The van der Waals surface area contributed by atoms with Gasteiger partial charge in [0.2, 0.25) is 11.9 Å². The van der Waals surface area contributed by atoms with Crippen LogP contribution in [-0.4, -0.2) is 67.3 Å². The Hall–Kier alpha value is -2.85. The number of nitrogens with one attached hydrogen (secondary N) is 3. The van der Waals surface area contributed by atoms with Crippen LogP contribution in [0.2, 0.25) is 0 Å². The number of hydrogen-bond donors (Lipinski definition) is 3. The summed E-state index contributed by atoms with van der Waals surface area (Å²) in [5, 5.41) is 13.5. The van der Waals surface area contributed by atoms with Gasteiger partial charge in [-0.3, -0.25) is 15.5 Å². The van der Waals surface area contributed by atoms with E-state index in [9.17, 15) is 19.2 Å². The number of ether oxygens (including phenoxy) is 3. The SMILES string of the molecule is N=C(NC(=O)OCC1CCCCC1)N(CCC[C@H]1C(=O)NC1C(=O)OCC1CCCCC1)C(=O)OCC1CCCCC1. The zero-order valence-corrected chi connectivity index (χ0v) is 25.0. The highest BCUT2D eigenvalue weighted by atomic mass is 16.6. The van der Waals surface area contributed by atoms with Crippen molar-refractivity contribution in [1.29, 1.82) is 5.41 Å². The zero-order chi connectivity index (χ0) is 29.7. The summed E-state index contributed by atoms with van der Waals surface area (Å²) in [6.45, 7) is 1.01. The van der Waals surface area contributed by atoms with Crippen LogP contribution < -0.4 is 10.6 Å². The number of esters is 1. The number of amides is 3. The van der Waals surface area contributed by atoms with E-state index in [0.29, 0.717) is 43.8 Å². The fourth-order valence-electron chi connectivity index (χ4n) is 6.71. The van der Waals surface area contributed by atoms with Crippen molar-refractivity contribution in [2.45, 2.75) is 115 Å². The molecule has 1 aliphatic heterocycles. The van der Waals surface area contributed by atoms with E-state index in [1.54, 1.807) is 0 Å². The van der Waals surface area contributed by atoms with E-state index in [1.807, 2.05) is 0 Å². The minimum atomic E-state index is -0.769. The standard InChI is InChI=1S/C31H50N4O7/c32-29(34-30(38)41-20-23-13-6-2-7-14-23)35(31(39)42-21-24-15-8-3-9-16-24)18-10-17-25-26(33-27(25)36)28(37)40-19-22-11-4-1-5-12-22/h22-26H,1-21H2,(H,33,36)(H2,32,34,38)/t25-,26?/m1/s1. The number of carbonyl (C=O) groups excluding carboxylic acids is 4. The van der Waals surface area contributed by atoms with Gasteiger partial charge in [0.05, 0.1) is 25.7 Å². The highest BCUT2D eigenvalue weighted by Crippen LogP contribution is 2.27. The van der Waals surface area contributed by atoms with Gasteiger partial charge in [-0.2, -0.15) is 0 Å². The molecule has 0 bridgehead atoms. The molecule has 3 N–H and O–H groups in total. The highest BCUT2D eigenvalue weighted by molar-refractivity contribution is 6.00. The molecule has 1 saturated heterocycles. The molecule has 4 aliphatic rings. The van der Waals surface area contributed by atoms with Gasteiger partial charge in [0.15, 0.2) is 0 Å². The predicted octanol–water partition coefficient (Wildman–Crippen LogP) is 5.26. The molecule has 3 saturated carbocycles. The lowest BCUT2D eigenvalue weighted by atomic mass is 9.86. The molecule has 0 radical (unpaired) electrons. The van der Waals surface area contributed by atoms with Gasteiger partial charge in [0, 0.05) is 6.54 Å². The van der Waals surface area contributed by atoms with E-state index in [2.05, 4.69) is 10.6 Å². The summed E-state index contributed by atoms with van der Waals surface area (Å²) >= 11 is 0. The first-order valence-electron chi connectivity index (χ1n) is 16.3. The summed E-state index contributed by atoms with van der Waals surface area (Å²) in [7, 11) is 0. The number of guanidine groups is 1. The van der Waals surface area contributed by atoms with Crippen LogP contribution in [0.25, 0.3) is 0 Å². The van der Waals surface area contributed by atoms with E-state index in [4.69, 9.17) is 19.6 Å². The van der Waals surface area contributed by atoms with Crippen molar-refractivity contribution in [2.24, 2.45) is 23.7 Å². The molecular formula is C31H50N4O7. The second kappa shape index (κ2) is 16.7. The van der Waals surface area contributed by atoms with E-state index in [-0.39, 0.29) is 19.1 Å². The van der Waals surface area contributed by atoms with Gasteiger partial charge < -0.3 is 19.5 Å². The monoisotopic (exact) mass is 590 g/mol. The minimum Gasteiger partial charge on any atom is -0.464 e. The maximum absolute atomic E-state index is 13.1. The quantitative estimate of drug-likeness (QED) is 0.0977. The zero-order valence-electron chi connectivity index (χ0n) is 25.0. The molecule has 11 heteroatoms. The Morgan fingerprint density at radius 1 is 0.762 bits per heavy atom. The Morgan fingerprint density at radius 3 is 1.79 bits per heavy atom.